The molecule has 26 heavy (non-hydrogen) atoms. The highest BCUT2D eigenvalue weighted by Crippen LogP contribution is 2.63. The van der Waals surface area contributed by atoms with E-state index in [1.54, 1.807) is 43.5 Å². The molecule has 1 saturated carbocycles. The molecule has 0 saturated heterocycles. The minimum Gasteiger partial charge on any atom is -0.497 e. The molecule has 1 fully saturated rings. The van der Waals surface area contributed by atoms with Crippen molar-refractivity contribution in [3.05, 3.63) is 59.7 Å². The van der Waals surface area contributed by atoms with Crippen LogP contribution < -0.4 is 4.74 Å². The highest BCUT2D eigenvalue weighted by atomic mass is 32.2. The number of benzene rings is 2. The van der Waals surface area contributed by atoms with Crippen LogP contribution in [0.25, 0.3) is 0 Å². The minimum atomic E-state index is -3.67. The summed E-state index contributed by atoms with van der Waals surface area (Å²) >= 11 is 0. The summed E-state index contributed by atoms with van der Waals surface area (Å²) in [5, 5.41) is 8.99. The zero-order chi connectivity index (χ0) is 18.9. The fraction of sp³-hybridized carbons (Fsp3) is 0.350. The maximum Gasteiger partial charge on any atom is 0.183 e. The molecule has 0 N–H and O–H groups in total. The van der Waals surface area contributed by atoms with Gasteiger partial charge in [-0.3, -0.25) is 0 Å². The van der Waals surface area contributed by atoms with E-state index in [0.717, 1.165) is 11.1 Å². The number of hydrogen-bond acceptors (Lipinski definition) is 5. The second kappa shape index (κ2) is 6.75. The second-order valence-electron chi connectivity index (χ2n) is 6.61. The van der Waals surface area contributed by atoms with Crippen molar-refractivity contribution in [1.82, 2.24) is 0 Å². The number of hydrogen-bond donors (Lipinski definition) is 0. The van der Waals surface area contributed by atoms with E-state index in [4.69, 9.17) is 9.47 Å². The Balaban J connectivity index is 2.05. The molecule has 6 heteroatoms. The van der Waals surface area contributed by atoms with Gasteiger partial charge in [-0.15, -0.1) is 0 Å². The van der Waals surface area contributed by atoms with Crippen molar-refractivity contribution >= 4 is 9.84 Å². The molecule has 0 radical (unpaired) electrons. The Kier molecular flexibility index (Phi) is 4.78. The van der Waals surface area contributed by atoms with Crippen LogP contribution in [0.2, 0.25) is 0 Å². The van der Waals surface area contributed by atoms with E-state index in [1.165, 1.54) is 7.11 Å². The van der Waals surface area contributed by atoms with Crippen LogP contribution in [0.15, 0.2) is 53.4 Å². The SMILES string of the molecule is COC[C@]1(C#N)[C@H](c2ccc(OC)cc2)[C@H]1S(=O)(=O)c1ccc(C)cc1. The van der Waals surface area contributed by atoms with Crippen LogP contribution in [-0.4, -0.2) is 34.5 Å². The maximum absolute atomic E-state index is 13.2. The first kappa shape index (κ1) is 18.4. The summed E-state index contributed by atoms with van der Waals surface area (Å²) in [4.78, 5) is 0.236. The average Bonchev–Trinajstić information content (AvgIpc) is 3.32. The molecule has 2 aromatic carbocycles. The van der Waals surface area contributed by atoms with E-state index in [2.05, 4.69) is 6.07 Å². The third-order valence-electron chi connectivity index (χ3n) is 5.01. The van der Waals surface area contributed by atoms with Gasteiger partial charge >= 0.3 is 0 Å². The summed E-state index contributed by atoms with van der Waals surface area (Å²) in [6, 6.07) is 16.1. The van der Waals surface area contributed by atoms with Crippen molar-refractivity contribution in [2.24, 2.45) is 5.41 Å². The van der Waals surface area contributed by atoms with Gasteiger partial charge in [-0.25, -0.2) is 8.42 Å². The zero-order valence-corrected chi connectivity index (χ0v) is 15.8. The summed E-state index contributed by atoms with van der Waals surface area (Å²) in [5.74, 6) is 0.242. The summed E-state index contributed by atoms with van der Waals surface area (Å²) < 4.78 is 36.8. The number of rotatable bonds is 6. The van der Waals surface area contributed by atoms with Gasteiger partial charge in [0.1, 0.15) is 11.2 Å². The van der Waals surface area contributed by atoms with Gasteiger partial charge in [0.25, 0.3) is 0 Å². The first-order valence-corrected chi connectivity index (χ1v) is 9.80. The molecule has 3 rings (SSSR count). The Hall–Kier alpha value is -2.36. The van der Waals surface area contributed by atoms with E-state index in [1.807, 2.05) is 19.1 Å². The Morgan fingerprint density at radius 2 is 1.69 bits per heavy atom. The number of aryl methyl sites for hydroxylation is 1. The van der Waals surface area contributed by atoms with Crippen molar-refractivity contribution in [2.45, 2.75) is 23.0 Å². The van der Waals surface area contributed by atoms with Crippen molar-refractivity contribution < 1.29 is 17.9 Å². The van der Waals surface area contributed by atoms with Crippen LogP contribution >= 0.6 is 0 Å². The molecular weight excluding hydrogens is 350 g/mol. The van der Waals surface area contributed by atoms with Gasteiger partial charge in [-0.2, -0.15) is 5.26 Å². The molecular formula is C20H21NO4S. The smallest absolute Gasteiger partial charge is 0.183 e. The van der Waals surface area contributed by atoms with Crippen molar-refractivity contribution in [3.8, 4) is 11.8 Å². The van der Waals surface area contributed by atoms with E-state index in [0.29, 0.717) is 5.75 Å². The van der Waals surface area contributed by atoms with Crippen LogP contribution in [0, 0.1) is 23.7 Å². The molecule has 0 heterocycles. The third kappa shape index (κ3) is 2.87. The number of sulfone groups is 1. The minimum absolute atomic E-state index is 0.0654. The van der Waals surface area contributed by atoms with Crippen LogP contribution in [0.5, 0.6) is 5.75 Å². The first-order valence-electron chi connectivity index (χ1n) is 8.25. The molecule has 0 amide bonds. The van der Waals surface area contributed by atoms with E-state index in [9.17, 15) is 13.7 Å². The lowest BCUT2D eigenvalue weighted by Crippen LogP contribution is -2.19. The van der Waals surface area contributed by atoms with Crippen LogP contribution in [0.4, 0.5) is 0 Å². The van der Waals surface area contributed by atoms with Gasteiger partial charge in [0.15, 0.2) is 9.84 Å². The lowest BCUT2D eigenvalue weighted by Gasteiger charge is -2.08. The van der Waals surface area contributed by atoms with Crippen LogP contribution in [0.1, 0.15) is 17.0 Å². The molecule has 5 nitrogen and oxygen atoms in total. The second-order valence-corrected chi connectivity index (χ2v) is 8.68. The van der Waals surface area contributed by atoms with Gasteiger partial charge in [0.05, 0.1) is 29.9 Å². The summed E-state index contributed by atoms with van der Waals surface area (Å²) in [5.41, 5.74) is 0.688. The Labute approximate surface area is 154 Å². The standard InChI is InChI=1S/C20H21NO4S/c1-14-4-10-17(11-5-14)26(22,23)19-18(20(19,12-21)13-24-2)15-6-8-16(25-3)9-7-15/h4-11,18-19H,13H2,1-3H3/t18-,19-,20-/m1/s1. The molecule has 136 valence electrons. The fourth-order valence-electron chi connectivity index (χ4n) is 3.59. The number of methoxy groups -OCH3 is 2. The fourth-order valence-corrected chi connectivity index (χ4v) is 5.90. The molecule has 3 atom stereocenters. The molecule has 0 aromatic heterocycles. The molecule has 0 bridgehead atoms. The molecule has 1 aliphatic carbocycles. The maximum atomic E-state index is 13.2. The first-order chi connectivity index (χ1) is 12.4. The quantitative estimate of drug-likeness (QED) is 0.780. The molecule has 0 aliphatic heterocycles. The lowest BCUT2D eigenvalue weighted by atomic mass is 10.0. The van der Waals surface area contributed by atoms with Gasteiger partial charge in [0, 0.05) is 13.0 Å². The number of nitrogens with zero attached hydrogens (tertiary/aromatic N) is 1. The van der Waals surface area contributed by atoms with Gasteiger partial charge in [0.2, 0.25) is 0 Å². The number of ether oxygens (including phenoxy) is 2. The highest BCUT2D eigenvalue weighted by Gasteiger charge is 2.72. The van der Waals surface area contributed by atoms with Gasteiger partial charge in [-0.1, -0.05) is 29.8 Å². The topological polar surface area (TPSA) is 76.4 Å². The van der Waals surface area contributed by atoms with Crippen LogP contribution in [-0.2, 0) is 14.6 Å². The number of nitriles is 1. The predicted molar refractivity (Wildman–Crippen MR) is 97.8 cm³/mol. The summed E-state index contributed by atoms with van der Waals surface area (Å²) in [6.07, 6.45) is 0. The molecule has 0 spiro atoms. The predicted octanol–water partition coefficient (Wildman–Crippen LogP) is 3.10. The summed E-state index contributed by atoms with van der Waals surface area (Å²) in [7, 11) is -0.616. The summed E-state index contributed by atoms with van der Waals surface area (Å²) in [6.45, 7) is 1.97. The lowest BCUT2D eigenvalue weighted by molar-refractivity contribution is 0.162. The van der Waals surface area contributed by atoms with Crippen molar-refractivity contribution in [3.63, 3.8) is 0 Å². The Bertz CT molecular complexity index is 929. The Morgan fingerprint density at radius 1 is 1.08 bits per heavy atom. The van der Waals surface area contributed by atoms with Gasteiger partial charge < -0.3 is 9.47 Å². The third-order valence-corrected chi connectivity index (χ3v) is 7.30. The normalized spacial score (nSPS) is 24.7. The molecule has 1 aliphatic rings. The largest absolute Gasteiger partial charge is 0.497 e. The monoisotopic (exact) mass is 371 g/mol. The highest BCUT2D eigenvalue weighted by molar-refractivity contribution is 7.92. The van der Waals surface area contributed by atoms with E-state index in [-0.39, 0.29) is 11.5 Å². The zero-order valence-electron chi connectivity index (χ0n) is 15.0. The Morgan fingerprint density at radius 3 is 2.19 bits per heavy atom. The molecule has 0 unspecified atom stereocenters. The van der Waals surface area contributed by atoms with E-state index < -0.39 is 26.4 Å². The molecule has 2 aromatic rings. The van der Waals surface area contributed by atoms with Crippen molar-refractivity contribution in [1.29, 1.82) is 5.26 Å². The average molecular weight is 371 g/mol. The van der Waals surface area contributed by atoms with E-state index >= 15 is 0 Å². The van der Waals surface area contributed by atoms with Crippen LogP contribution in [0.3, 0.4) is 0 Å². The van der Waals surface area contributed by atoms with Crippen molar-refractivity contribution in [2.75, 3.05) is 20.8 Å². The van der Waals surface area contributed by atoms with Gasteiger partial charge in [-0.05, 0) is 36.8 Å².